The molecule has 0 spiro atoms. The van der Waals surface area contributed by atoms with E-state index in [0.29, 0.717) is 24.4 Å². The molecule has 0 saturated carbocycles. The summed E-state index contributed by atoms with van der Waals surface area (Å²) in [6.45, 7) is 6.42. The monoisotopic (exact) mass is 390 g/mol. The molecule has 2 aromatic carbocycles. The molecule has 0 aliphatic rings. The van der Waals surface area contributed by atoms with E-state index in [1.54, 1.807) is 55.8 Å². The minimum absolute atomic E-state index is 0.118. The molecule has 27 heavy (non-hydrogen) atoms. The van der Waals surface area contributed by atoms with Crippen LogP contribution < -0.4 is 4.74 Å². The maximum absolute atomic E-state index is 12.5. The number of hydrogen-bond donors (Lipinski definition) is 1. The molecule has 2 rings (SSSR count). The Morgan fingerprint density at radius 2 is 1.78 bits per heavy atom. The van der Waals surface area contributed by atoms with Gasteiger partial charge in [0.15, 0.2) is 0 Å². The lowest BCUT2D eigenvalue weighted by Crippen LogP contribution is -2.30. The van der Waals surface area contributed by atoms with Gasteiger partial charge in [-0.2, -0.15) is 4.31 Å². The number of ether oxygens (including phenoxy) is 1. The fourth-order valence-corrected chi connectivity index (χ4v) is 4.13. The van der Waals surface area contributed by atoms with Gasteiger partial charge in [0, 0.05) is 24.9 Å². The predicted molar refractivity (Wildman–Crippen MR) is 107 cm³/mol. The predicted octanol–water partition coefficient (Wildman–Crippen LogP) is 3.61. The van der Waals surface area contributed by atoms with Crippen LogP contribution in [0.5, 0.6) is 11.5 Å². The molecule has 0 heterocycles. The molecule has 0 radical (unpaired) electrons. The van der Waals surface area contributed by atoms with Crippen LogP contribution in [-0.2, 0) is 10.0 Å². The number of phenols is 1. The fourth-order valence-electron chi connectivity index (χ4n) is 2.67. The average Bonchev–Trinajstić information content (AvgIpc) is 2.68. The largest absolute Gasteiger partial charge is 0.507 e. The van der Waals surface area contributed by atoms with Gasteiger partial charge >= 0.3 is 0 Å². The summed E-state index contributed by atoms with van der Waals surface area (Å²) in [6.07, 6.45) is 1.59. The van der Waals surface area contributed by atoms with Crippen molar-refractivity contribution < 1.29 is 18.3 Å². The highest BCUT2D eigenvalue weighted by Gasteiger charge is 2.21. The van der Waals surface area contributed by atoms with Crippen LogP contribution in [0, 0.1) is 0 Å². The van der Waals surface area contributed by atoms with E-state index in [-0.39, 0.29) is 16.7 Å². The van der Waals surface area contributed by atoms with Crippen LogP contribution in [0.3, 0.4) is 0 Å². The van der Waals surface area contributed by atoms with Gasteiger partial charge in [0.25, 0.3) is 0 Å². The first-order valence-corrected chi connectivity index (χ1v) is 10.3. The molecule has 0 fully saturated rings. The molecule has 0 saturated heterocycles. The summed E-state index contributed by atoms with van der Waals surface area (Å²) in [5.41, 5.74) is 1.44. The van der Waals surface area contributed by atoms with Gasteiger partial charge in [-0.15, -0.1) is 0 Å². The fraction of sp³-hybridized carbons (Fsp3) is 0.350. The number of aliphatic imine (C=N–C) groups is 1. The van der Waals surface area contributed by atoms with Crippen LogP contribution in [-0.4, -0.2) is 44.2 Å². The van der Waals surface area contributed by atoms with Crippen molar-refractivity contribution in [3.8, 4) is 11.5 Å². The van der Waals surface area contributed by atoms with Crippen molar-refractivity contribution >= 4 is 16.2 Å². The van der Waals surface area contributed by atoms with Gasteiger partial charge in [-0.05, 0) is 42.8 Å². The Kier molecular flexibility index (Phi) is 6.98. The third kappa shape index (κ3) is 4.87. The molecule has 1 atom stereocenters. The van der Waals surface area contributed by atoms with E-state index in [1.165, 1.54) is 4.31 Å². The topological polar surface area (TPSA) is 79.2 Å². The first kappa shape index (κ1) is 20.9. The van der Waals surface area contributed by atoms with Gasteiger partial charge < -0.3 is 9.84 Å². The summed E-state index contributed by atoms with van der Waals surface area (Å²) in [5.74, 6) is 0.750. The molecule has 6 nitrogen and oxygen atoms in total. The summed E-state index contributed by atoms with van der Waals surface area (Å²) >= 11 is 0. The minimum atomic E-state index is -3.46. The lowest BCUT2D eigenvalue weighted by Gasteiger charge is -2.18. The second-order valence-electron chi connectivity index (χ2n) is 6.04. The number of aromatic hydroxyl groups is 1. The molecule has 2 aromatic rings. The van der Waals surface area contributed by atoms with E-state index >= 15 is 0 Å². The Balaban J connectivity index is 2.20. The molecule has 0 aromatic heterocycles. The van der Waals surface area contributed by atoms with Crippen LogP contribution in [0.15, 0.2) is 52.4 Å². The van der Waals surface area contributed by atoms with Gasteiger partial charge in [-0.25, -0.2) is 8.42 Å². The number of rotatable bonds is 8. The molecule has 1 N–H and O–H groups in total. The lowest BCUT2D eigenvalue weighted by atomic mass is 10.1. The number of hydrogen-bond acceptors (Lipinski definition) is 5. The smallest absolute Gasteiger partial charge is 0.243 e. The highest BCUT2D eigenvalue weighted by atomic mass is 32.2. The summed E-state index contributed by atoms with van der Waals surface area (Å²) < 4.78 is 31.7. The molecule has 0 bridgehead atoms. The normalized spacial score (nSPS) is 13.2. The Morgan fingerprint density at radius 1 is 1.15 bits per heavy atom. The van der Waals surface area contributed by atoms with Crippen molar-refractivity contribution in [3.05, 3.63) is 53.6 Å². The Bertz CT molecular complexity index is 889. The SMILES string of the molecule is CCN(CC)S(=O)(=O)c1ccc([C@H](C)N=Cc2cc(OC)ccc2O)cc1. The van der Waals surface area contributed by atoms with Crippen LogP contribution in [0.1, 0.15) is 37.9 Å². The van der Waals surface area contributed by atoms with Crippen LogP contribution in [0.2, 0.25) is 0 Å². The van der Waals surface area contributed by atoms with Crippen molar-refractivity contribution in [3.63, 3.8) is 0 Å². The number of nitrogens with zero attached hydrogens (tertiary/aromatic N) is 2. The highest BCUT2D eigenvalue weighted by Crippen LogP contribution is 2.24. The second kappa shape index (κ2) is 9.01. The van der Waals surface area contributed by atoms with Gasteiger partial charge in [-0.3, -0.25) is 4.99 Å². The van der Waals surface area contributed by atoms with Crippen molar-refractivity contribution in [1.82, 2.24) is 4.31 Å². The standard InChI is InChI=1S/C20H26N2O4S/c1-5-22(6-2)27(24,25)19-10-7-16(8-11-19)15(3)21-14-17-13-18(26-4)9-12-20(17)23/h7-15,23H,5-6H2,1-4H3/t15-/m0/s1. The Morgan fingerprint density at radius 3 is 2.33 bits per heavy atom. The van der Waals surface area contributed by atoms with Gasteiger partial charge in [0.05, 0.1) is 18.0 Å². The van der Waals surface area contributed by atoms with E-state index < -0.39 is 10.0 Å². The average molecular weight is 391 g/mol. The molecule has 0 aliphatic carbocycles. The molecule has 146 valence electrons. The Labute approximate surface area is 161 Å². The summed E-state index contributed by atoms with van der Waals surface area (Å²) in [7, 11) is -1.91. The van der Waals surface area contributed by atoms with Crippen molar-refractivity contribution in [1.29, 1.82) is 0 Å². The quantitative estimate of drug-likeness (QED) is 0.698. The van der Waals surface area contributed by atoms with Crippen LogP contribution in [0.4, 0.5) is 0 Å². The third-order valence-corrected chi connectivity index (χ3v) is 6.44. The minimum Gasteiger partial charge on any atom is -0.507 e. The number of benzene rings is 2. The summed E-state index contributed by atoms with van der Waals surface area (Å²) in [5, 5.41) is 9.92. The molecule has 7 heteroatoms. The van der Waals surface area contributed by atoms with Crippen molar-refractivity contribution in [2.24, 2.45) is 4.99 Å². The zero-order chi connectivity index (χ0) is 20.0. The van der Waals surface area contributed by atoms with Crippen LogP contribution in [0.25, 0.3) is 0 Å². The maximum atomic E-state index is 12.5. The zero-order valence-corrected chi connectivity index (χ0v) is 16.9. The molecule has 0 aliphatic heterocycles. The number of phenolic OH excluding ortho intramolecular Hbond substituents is 1. The Hall–Kier alpha value is -2.38. The van der Waals surface area contributed by atoms with Gasteiger partial charge in [-0.1, -0.05) is 26.0 Å². The molecular weight excluding hydrogens is 364 g/mol. The summed E-state index contributed by atoms with van der Waals surface area (Å²) in [6, 6.07) is 11.5. The molecule has 0 unspecified atom stereocenters. The van der Waals surface area contributed by atoms with E-state index in [2.05, 4.69) is 4.99 Å². The summed E-state index contributed by atoms with van der Waals surface area (Å²) in [4.78, 5) is 4.73. The van der Waals surface area contributed by atoms with Gasteiger partial charge in [0.1, 0.15) is 11.5 Å². The van der Waals surface area contributed by atoms with E-state index in [9.17, 15) is 13.5 Å². The van der Waals surface area contributed by atoms with E-state index in [1.807, 2.05) is 20.8 Å². The maximum Gasteiger partial charge on any atom is 0.243 e. The molecule has 0 amide bonds. The van der Waals surface area contributed by atoms with Crippen molar-refractivity contribution in [2.75, 3.05) is 20.2 Å². The van der Waals surface area contributed by atoms with Gasteiger partial charge in [0.2, 0.25) is 10.0 Å². The first-order chi connectivity index (χ1) is 12.8. The highest BCUT2D eigenvalue weighted by molar-refractivity contribution is 7.89. The second-order valence-corrected chi connectivity index (χ2v) is 7.98. The van der Waals surface area contributed by atoms with Crippen molar-refractivity contribution in [2.45, 2.75) is 31.7 Å². The van der Waals surface area contributed by atoms with E-state index in [4.69, 9.17) is 4.74 Å². The molecular formula is C20H26N2O4S. The lowest BCUT2D eigenvalue weighted by molar-refractivity contribution is 0.412. The van der Waals surface area contributed by atoms with E-state index in [0.717, 1.165) is 5.56 Å². The first-order valence-electron chi connectivity index (χ1n) is 8.83. The van der Waals surface area contributed by atoms with Crippen LogP contribution >= 0.6 is 0 Å². The number of sulfonamides is 1. The third-order valence-electron chi connectivity index (χ3n) is 4.38. The number of methoxy groups -OCH3 is 1. The zero-order valence-electron chi connectivity index (χ0n) is 16.1.